The summed E-state index contributed by atoms with van der Waals surface area (Å²) in [6.07, 6.45) is -0.724. The summed E-state index contributed by atoms with van der Waals surface area (Å²) in [6, 6.07) is 4.67. The van der Waals surface area contributed by atoms with E-state index < -0.39 is 6.10 Å². The maximum Gasteiger partial charge on any atom is 0.128 e. The van der Waals surface area contributed by atoms with Crippen LogP contribution >= 0.6 is 11.6 Å². The second-order valence-corrected chi connectivity index (χ2v) is 3.76. The number of nitrogens with one attached hydrogen (secondary N) is 1. The maximum atomic E-state index is 13.3. The zero-order valence-electron chi connectivity index (χ0n) is 8.80. The van der Waals surface area contributed by atoms with Crippen LogP contribution in [0.3, 0.4) is 0 Å². The monoisotopic (exact) mass is 242 g/mol. The first-order valence-corrected chi connectivity index (χ1v) is 5.30. The number of hydrogen-bond donors (Lipinski definition) is 2. The van der Waals surface area contributed by atoms with Crippen molar-refractivity contribution in [3.8, 4) is 6.07 Å². The molecule has 0 bridgehead atoms. The molecule has 0 aliphatic heterocycles. The third kappa shape index (κ3) is 3.09. The largest absolute Gasteiger partial charge is 0.390 e. The van der Waals surface area contributed by atoms with Gasteiger partial charge in [-0.3, -0.25) is 0 Å². The smallest absolute Gasteiger partial charge is 0.128 e. The minimum atomic E-state index is -0.724. The van der Waals surface area contributed by atoms with Crippen LogP contribution in [0.25, 0.3) is 0 Å². The van der Waals surface area contributed by atoms with Crippen LogP contribution in [0.15, 0.2) is 12.1 Å². The van der Waals surface area contributed by atoms with Gasteiger partial charge >= 0.3 is 0 Å². The molecule has 1 rings (SSSR count). The van der Waals surface area contributed by atoms with Gasteiger partial charge in [0.25, 0.3) is 0 Å². The molecule has 1 unspecified atom stereocenters. The molecule has 0 saturated heterocycles. The van der Waals surface area contributed by atoms with E-state index in [-0.39, 0.29) is 18.2 Å². The molecule has 1 aromatic carbocycles. The zero-order chi connectivity index (χ0) is 12.1. The molecule has 0 heterocycles. The van der Waals surface area contributed by atoms with Gasteiger partial charge in [-0.2, -0.15) is 5.26 Å². The van der Waals surface area contributed by atoms with E-state index >= 15 is 0 Å². The first kappa shape index (κ1) is 12.8. The molecule has 0 saturated carbocycles. The van der Waals surface area contributed by atoms with E-state index in [4.69, 9.17) is 16.9 Å². The van der Waals surface area contributed by atoms with Crippen LogP contribution < -0.4 is 5.32 Å². The summed E-state index contributed by atoms with van der Waals surface area (Å²) in [6.45, 7) is 1.77. The minimum Gasteiger partial charge on any atom is -0.390 e. The number of alkyl halides is 1. The Labute approximate surface area is 98.5 Å². The summed E-state index contributed by atoms with van der Waals surface area (Å²) >= 11 is 5.42. The molecule has 0 fully saturated rings. The van der Waals surface area contributed by atoms with Gasteiger partial charge in [-0.15, -0.1) is 11.6 Å². The third-order valence-corrected chi connectivity index (χ3v) is 2.48. The fourth-order valence-corrected chi connectivity index (χ4v) is 1.31. The van der Waals surface area contributed by atoms with E-state index in [0.717, 1.165) is 0 Å². The molecule has 3 nitrogen and oxygen atoms in total. The Balaban J connectivity index is 2.87. The Morgan fingerprint density at radius 2 is 2.31 bits per heavy atom. The van der Waals surface area contributed by atoms with Crippen molar-refractivity contribution in [1.29, 1.82) is 5.26 Å². The number of nitrogens with zero attached hydrogens (tertiary/aromatic N) is 1. The molecule has 1 aromatic rings. The number of halogens is 2. The van der Waals surface area contributed by atoms with E-state index in [1.165, 1.54) is 12.1 Å². The lowest BCUT2D eigenvalue weighted by atomic mass is 10.1. The molecule has 0 aromatic heterocycles. The first-order valence-electron chi connectivity index (χ1n) is 4.76. The van der Waals surface area contributed by atoms with Crippen LogP contribution in [0.1, 0.15) is 11.1 Å². The second kappa shape index (κ2) is 5.69. The van der Waals surface area contributed by atoms with Crippen molar-refractivity contribution >= 4 is 17.3 Å². The van der Waals surface area contributed by atoms with Crippen LogP contribution in [0, 0.1) is 24.1 Å². The van der Waals surface area contributed by atoms with Crippen molar-refractivity contribution in [2.75, 3.05) is 17.7 Å². The lowest BCUT2D eigenvalue weighted by molar-refractivity contribution is 0.211. The Kier molecular flexibility index (Phi) is 4.53. The molecule has 0 aliphatic rings. The van der Waals surface area contributed by atoms with Crippen LogP contribution in [0.5, 0.6) is 0 Å². The SMILES string of the molecule is Cc1cc(C#N)c(NCC(O)CCl)cc1F. The highest BCUT2D eigenvalue weighted by Gasteiger charge is 2.08. The lowest BCUT2D eigenvalue weighted by Crippen LogP contribution is -2.21. The number of hydrogen-bond acceptors (Lipinski definition) is 3. The number of aliphatic hydroxyl groups excluding tert-OH is 1. The number of nitriles is 1. The van der Waals surface area contributed by atoms with E-state index in [1.807, 2.05) is 6.07 Å². The highest BCUT2D eigenvalue weighted by Crippen LogP contribution is 2.19. The number of anilines is 1. The first-order chi connectivity index (χ1) is 7.58. The minimum absolute atomic E-state index is 0.0865. The second-order valence-electron chi connectivity index (χ2n) is 3.45. The van der Waals surface area contributed by atoms with Crippen molar-refractivity contribution in [2.24, 2.45) is 0 Å². The van der Waals surface area contributed by atoms with E-state index in [1.54, 1.807) is 6.92 Å². The van der Waals surface area contributed by atoms with E-state index in [9.17, 15) is 9.50 Å². The Bertz CT molecular complexity index is 417. The van der Waals surface area contributed by atoms with Gasteiger partial charge in [0.05, 0.1) is 23.2 Å². The van der Waals surface area contributed by atoms with Gasteiger partial charge in [-0.05, 0) is 24.6 Å². The molecule has 0 spiro atoms. The van der Waals surface area contributed by atoms with Crippen molar-refractivity contribution in [3.05, 3.63) is 29.1 Å². The lowest BCUT2D eigenvalue weighted by Gasteiger charge is -2.12. The molecule has 0 amide bonds. The van der Waals surface area contributed by atoms with Crippen molar-refractivity contribution in [2.45, 2.75) is 13.0 Å². The summed E-state index contributed by atoms with van der Waals surface area (Å²) in [5.41, 5.74) is 1.13. The maximum absolute atomic E-state index is 13.3. The van der Waals surface area contributed by atoms with Crippen LogP contribution in [0.4, 0.5) is 10.1 Å². The summed E-state index contributed by atoms with van der Waals surface area (Å²) in [7, 11) is 0. The standard InChI is InChI=1S/C11H12ClFN2O/c1-7-2-8(5-14)11(3-10(7)13)15-6-9(16)4-12/h2-3,9,15-16H,4,6H2,1H3. The summed E-state index contributed by atoms with van der Waals surface area (Å²) < 4.78 is 13.3. The highest BCUT2D eigenvalue weighted by molar-refractivity contribution is 6.18. The summed E-state index contributed by atoms with van der Waals surface area (Å²) in [4.78, 5) is 0. The van der Waals surface area contributed by atoms with Gasteiger partial charge in [0, 0.05) is 6.54 Å². The van der Waals surface area contributed by atoms with Gasteiger partial charge in [-0.1, -0.05) is 0 Å². The van der Waals surface area contributed by atoms with Gasteiger partial charge in [0.1, 0.15) is 11.9 Å². The highest BCUT2D eigenvalue weighted by atomic mass is 35.5. The Morgan fingerprint density at radius 3 is 2.88 bits per heavy atom. The molecular formula is C11H12ClFN2O. The van der Waals surface area contributed by atoms with Gasteiger partial charge in [0.2, 0.25) is 0 Å². The van der Waals surface area contributed by atoms with E-state index in [2.05, 4.69) is 5.32 Å². The van der Waals surface area contributed by atoms with Crippen molar-refractivity contribution in [3.63, 3.8) is 0 Å². The zero-order valence-corrected chi connectivity index (χ0v) is 9.55. The number of benzene rings is 1. The van der Waals surface area contributed by atoms with E-state index in [0.29, 0.717) is 16.8 Å². The summed E-state index contributed by atoms with van der Waals surface area (Å²) in [5, 5.41) is 20.9. The van der Waals surface area contributed by atoms with Crippen LogP contribution in [-0.4, -0.2) is 23.6 Å². The molecule has 2 N–H and O–H groups in total. The Morgan fingerprint density at radius 1 is 1.62 bits per heavy atom. The molecule has 1 atom stereocenters. The molecule has 0 radical (unpaired) electrons. The normalized spacial score (nSPS) is 11.9. The third-order valence-electron chi connectivity index (χ3n) is 2.13. The van der Waals surface area contributed by atoms with Crippen molar-refractivity contribution < 1.29 is 9.50 Å². The average Bonchev–Trinajstić information content (AvgIpc) is 2.29. The molecule has 5 heteroatoms. The molecule has 16 heavy (non-hydrogen) atoms. The molecule has 0 aliphatic carbocycles. The predicted octanol–water partition coefficient (Wildman–Crippen LogP) is 2.02. The fraction of sp³-hybridized carbons (Fsp3) is 0.364. The van der Waals surface area contributed by atoms with Crippen molar-refractivity contribution in [1.82, 2.24) is 0 Å². The topological polar surface area (TPSA) is 56.0 Å². The quantitative estimate of drug-likeness (QED) is 0.795. The fourth-order valence-electron chi connectivity index (χ4n) is 1.20. The predicted molar refractivity (Wildman–Crippen MR) is 61.1 cm³/mol. The van der Waals surface area contributed by atoms with Gasteiger partial charge in [-0.25, -0.2) is 4.39 Å². The van der Waals surface area contributed by atoms with Gasteiger partial charge < -0.3 is 10.4 Å². The number of aliphatic hydroxyl groups is 1. The number of rotatable bonds is 4. The van der Waals surface area contributed by atoms with Crippen LogP contribution in [0.2, 0.25) is 0 Å². The van der Waals surface area contributed by atoms with Gasteiger partial charge in [0.15, 0.2) is 0 Å². The summed E-state index contributed by atoms with van der Waals surface area (Å²) in [5.74, 6) is -0.301. The van der Waals surface area contributed by atoms with Crippen LogP contribution in [-0.2, 0) is 0 Å². The molecule has 86 valence electrons. The average molecular weight is 243 g/mol. The number of aryl methyl sites for hydroxylation is 1. The Hall–Kier alpha value is -1.31. The molecular weight excluding hydrogens is 231 g/mol.